The average molecular weight is 403 g/mol. The van der Waals surface area contributed by atoms with E-state index >= 15 is 0 Å². The molecule has 3 aromatic carbocycles. The van der Waals surface area contributed by atoms with E-state index < -0.39 is 0 Å². The topological polar surface area (TPSA) is 55.4 Å². The number of hydrogen-bond acceptors (Lipinski definition) is 4. The zero-order valence-corrected chi connectivity index (χ0v) is 16.9. The quantitative estimate of drug-likeness (QED) is 0.263. The normalized spacial score (nSPS) is 12.9. The van der Waals surface area contributed by atoms with Gasteiger partial charge in [-0.15, -0.1) is 0 Å². The molecule has 29 heavy (non-hydrogen) atoms. The lowest BCUT2D eigenvalue weighted by molar-refractivity contribution is -0.644. The Kier molecular flexibility index (Phi) is 4.23. The predicted octanol–water partition coefficient (Wildman–Crippen LogP) is 3.45. The van der Waals surface area contributed by atoms with Crippen LogP contribution in [0.5, 0.6) is 0 Å². The van der Waals surface area contributed by atoms with Crippen molar-refractivity contribution in [2.45, 2.75) is 6.42 Å². The molecule has 0 fully saturated rings. The highest BCUT2D eigenvalue weighted by molar-refractivity contribution is 6.31. The van der Waals surface area contributed by atoms with Crippen molar-refractivity contribution in [1.29, 1.82) is 0 Å². The molecule has 0 saturated heterocycles. The minimum atomic E-state index is -0.170. The summed E-state index contributed by atoms with van der Waals surface area (Å²) in [6.07, 6.45) is 0.351. The number of rotatable bonds is 4. The van der Waals surface area contributed by atoms with Crippen molar-refractivity contribution in [3.05, 3.63) is 59.6 Å². The molecule has 1 aliphatic carbocycles. The maximum absolute atomic E-state index is 12.7. The maximum Gasteiger partial charge on any atom is 0.272 e. The van der Waals surface area contributed by atoms with Crippen molar-refractivity contribution in [2.24, 2.45) is 5.10 Å². The van der Waals surface area contributed by atoms with E-state index in [2.05, 4.69) is 29.4 Å². The van der Waals surface area contributed by atoms with Gasteiger partial charge in [0.1, 0.15) is 11.2 Å². The summed E-state index contributed by atoms with van der Waals surface area (Å²) in [5.74, 6) is -0.170. The van der Waals surface area contributed by atoms with Crippen LogP contribution in [-0.2, 0) is 0 Å². The van der Waals surface area contributed by atoms with Crippen LogP contribution in [0, 0.1) is 0 Å². The molecule has 0 amide bonds. The van der Waals surface area contributed by atoms with Gasteiger partial charge in [-0.05, 0) is 53.9 Å². The first-order valence-electron chi connectivity index (χ1n) is 9.50. The number of aromatic nitrogens is 2. The van der Waals surface area contributed by atoms with Crippen molar-refractivity contribution >= 4 is 39.3 Å². The molecule has 0 saturated carbocycles. The summed E-state index contributed by atoms with van der Waals surface area (Å²) in [4.78, 5) is 6.89. The Bertz CT molecular complexity index is 1310. The van der Waals surface area contributed by atoms with Gasteiger partial charge in [-0.25, -0.2) is 4.98 Å². The third kappa shape index (κ3) is 2.94. The van der Waals surface area contributed by atoms with Crippen LogP contribution in [0.3, 0.4) is 0 Å². The van der Waals surface area contributed by atoms with Gasteiger partial charge in [-0.1, -0.05) is 41.9 Å². The summed E-state index contributed by atoms with van der Waals surface area (Å²) in [5, 5.41) is 20.1. The predicted molar refractivity (Wildman–Crippen MR) is 115 cm³/mol. The minimum Gasteiger partial charge on any atom is -0.858 e. The van der Waals surface area contributed by atoms with Gasteiger partial charge in [0.05, 0.1) is 5.56 Å². The molecule has 4 aromatic rings. The first-order valence-corrected chi connectivity index (χ1v) is 9.88. The van der Waals surface area contributed by atoms with Gasteiger partial charge in [-0.2, -0.15) is 0 Å². The molecule has 0 radical (unpaired) electrons. The van der Waals surface area contributed by atoms with E-state index in [1.807, 2.05) is 43.3 Å². The van der Waals surface area contributed by atoms with Crippen LogP contribution < -0.4 is 9.78 Å². The summed E-state index contributed by atoms with van der Waals surface area (Å²) < 4.78 is 1.75. The van der Waals surface area contributed by atoms with E-state index in [1.54, 1.807) is 10.7 Å². The van der Waals surface area contributed by atoms with Crippen molar-refractivity contribution in [3.8, 4) is 22.5 Å². The van der Waals surface area contributed by atoms with Crippen LogP contribution in [0.1, 0.15) is 6.42 Å². The Hall–Kier alpha value is -3.02. The summed E-state index contributed by atoms with van der Waals surface area (Å²) in [7, 11) is 3.89. The molecule has 0 bridgehead atoms. The number of benzene rings is 3. The van der Waals surface area contributed by atoms with E-state index in [1.165, 1.54) is 0 Å². The van der Waals surface area contributed by atoms with Crippen LogP contribution in [0.4, 0.5) is 0 Å². The molecular weight excluding hydrogens is 384 g/mol. The molecule has 0 aliphatic heterocycles. The highest BCUT2D eigenvalue weighted by atomic mass is 35.5. The molecular formula is C23H19ClN4O. The lowest BCUT2D eigenvalue weighted by Crippen LogP contribution is -2.38. The number of halogens is 1. The van der Waals surface area contributed by atoms with Crippen molar-refractivity contribution in [1.82, 2.24) is 9.88 Å². The van der Waals surface area contributed by atoms with Crippen LogP contribution in [0.2, 0.25) is 5.02 Å². The van der Waals surface area contributed by atoms with Gasteiger partial charge in [-0.3, -0.25) is 0 Å². The third-order valence-corrected chi connectivity index (χ3v) is 5.47. The summed E-state index contributed by atoms with van der Waals surface area (Å²) >= 11 is 6.23. The highest BCUT2D eigenvalue weighted by Gasteiger charge is 2.34. The Morgan fingerprint density at radius 1 is 1.10 bits per heavy atom. The zero-order valence-electron chi connectivity index (χ0n) is 16.2. The SMILES string of the molecule is CN(C)CCC([O-])=N[n+]1c2c(nc3cc(Cl)ccc31)-c1cccc3cccc-2c13. The van der Waals surface area contributed by atoms with E-state index in [0.717, 1.165) is 38.8 Å². The monoisotopic (exact) mass is 402 g/mol. The van der Waals surface area contributed by atoms with Gasteiger partial charge in [0.25, 0.3) is 11.2 Å². The molecule has 1 aliphatic rings. The summed E-state index contributed by atoms with van der Waals surface area (Å²) in [6, 6.07) is 17.9. The van der Waals surface area contributed by atoms with E-state index in [0.29, 0.717) is 23.5 Å². The molecule has 0 spiro atoms. The second-order valence-corrected chi connectivity index (χ2v) is 7.95. The molecule has 0 N–H and O–H groups in total. The first kappa shape index (κ1) is 18.0. The number of nitrogens with zero attached hydrogens (tertiary/aromatic N) is 4. The molecule has 144 valence electrons. The van der Waals surface area contributed by atoms with Crippen LogP contribution >= 0.6 is 11.6 Å². The number of fused-ring (bicyclic) bond motifs is 4. The molecule has 0 unspecified atom stereocenters. The summed E-state index contributed by atoms with van der Waals surface area (Å²) in [5.41, 5.74) is 5.25. The Balaban J connectivity index is 1.83. The van der Waals surface area contributed by atoms with Gasteiger partial charge < -0.3 is 10.0 Å². The Morgan fingerprint density at radius 3 is 2.62 bits per heavy atom. The standard InChI is InChI=1S/C23H19ClN4O/c1-27(2)12-11-20(29)26-28-19-10-9-15(24)13-18(19)25-22-16-7-3-5-14-6-4-8-17(21(14)16)23(22)28/h3-10,13H,11-12H2,1-2H3. The molecule has 5 rings (SSSR count). The van der Waals surface area contributed by atoms with E-state index in [4.69, 9.17) is 16.6 Å². The fourth-order valence-electron chi connectivity index (χ4n) is 3.91. The van der Waals surface area contributed by atoms with E-state index in [-0.39, 0.29) is 5.90 Å². The molecule has 6 heteroatoms. The minimum absolute atomic E-state index is 0.170. The van der Waals surface area contributed by atoms with Crippen molar-refractivity contribution < 1.29 is 9.78 Å². The lowest BCUT2D eigenvalue weighted by atomic mass is 10.0. The fraction of sp³-hybridized carbons (Fsp3) is 0.174. The zero-order chi connectivity index (χ0) is 20.1. The maximum atomic E-state index is 12.7. The molecule has 0 atom stereocenters. The van der Waals surface area contributed by atoms with Gasteiger partial charge in [0.15, 0.2) is 0 Å². The van der Waals surface area contributed by atoms with Crippen LogP contribution in [-0.4, -0.2) is 36.4 Å². The highest BCUT2D eigenvalue weighted by Crippen LogP contribution is 2.45. The van der Waals surface area contributed by atoms with Crippen molar-refractivity contribution in [2.75, 3.05) is 20.6 Å². The van der Waals surface area contributed by atoms with Gasteiger partial charge in [0.2, 0.25) is 0 Å². The Labute approximate surface area is 173 Å². The van der Waals surface area contributed by atoms with Crippen LogP contribution in [0.15, 0.2) is 59.7 Å². The van der Waals surface area contributed by atoms with Crippen LogP contribution in [0.25, 0.3) is 44.3 Å². The van der Waals surface area contributed by atoms with Gasteiger partial charge in [0, 0.05) is 34.5 Å². The van der Waals surface area contributed by atoms with Crippen molar-refractivity contribution in [3.63, 3.8) is 0 Å². The third-order valence-electron chi connectivity index (χ3n) is 5.23. The van der Waals surface area contributed by atoms with E-state index in [9.17, 15) is 5.11 Å². The lowest BCUT2D eigenvalue weighted by Gasteiger charge is -2.12. The number of hydrogen-bond donors (Lipinski definition) is 0. The second-order valence-electron chi connectivity index (χ2n) is 7.51. The fourth-order valence-corrected chi connectivity index (χ4v) is 4.08. The molecule has 1 aromatic heterocycles. The van der Waals surface area contributed by atoms with Gasteiger partial charge >= 0.3 is 0 Å². The first-order chi connectivity index (χ1) is 14.0. The average Bonchev–Trinajstić information content (AvgIpc) is 3.02. The summed E-state index contributed by atoms with van der Waals surface area (Å²) in [6.45, 7) is 0.649. The Morgan fingerprint density at radius 2 is 1.86 bits per heavy atom. The molecule has 5 nitrogen and oxygen atoms in total. The molecule has 1 heterocycles. The largest absolute Gasteiger partial charge is 0.858 e. The smallest absolute Gasteiger partial charge is 0.272 e. The second kappa shape index (κ2) is 6.79.